The number of hydrogen-bond donors (Lipinski definition) is 3. The molecule has 0 aromatic heterocycles. The number of methoxy groups -OCH3 is 2. The van der Waals surface area contributed by atoms with Gasteiger partial charge >= 0.3 is 5.97 Å². The summed E-state index contributed by atoms with van der Waals surface area (Å²) in [6.45, 7) is 11.1. The summed E-state index contributed by atoms with van der Waals surface area (Å²) < 4.78 is 22.7. The summed E-state index contributed by atoms with van der Waals surface area (Å²) in [5, 5.41) is 25.2. The van der Waals surface area contributed by atoms with E-state index >= 15 is 0 Å². The number of nitrogens with two attached hydrogens (primary N) is 1. The Hall–Kier alpha value is -4.94. The van der Waals surface area contributed by atoms with E-state index in [1.807, 2.05) is 45.9 Å². The molecule has 1 rings (SSSR count). The van der Waals surface area contributed by atoms with Gasteiger partial charge in [0.05, 0.1) is 38.4 Å². The lowest BCUT2D eigenvalue weighted by molar-refractivity contribution is -0.757. The van der Waals surface area contributed by atoms with E-state index in [9.17, 15) is 39.4 Å². The number of carbonyl (C=O) groups is 4. The minimum absolute atomic E-state index is 0.0275. The molecule has 0 aliphatic heterocycles. The average molecular weight is 814 g/mol. The van der Waals surface area contributed by atoms with Crippen molar-refractivity contribution < 1.29 is 58.0 Å². The van der Waals surface area contributed by atoms with Crippen molar-refractivity contribution in [3.05, 3.63) is 44.0 Å². The smallest absolute Gasteiger partial charge is 0.306 e. The molecule has 0 spiro atoms. The van der Waals surface area contributed by atoms with Crippen LogP contribution in [0.25, 0.3) is 0 Å². The predicted molar refractivity (Wildman–Crippen MR) is 207 cm³/mol. The van der Waals surface area contributed by atoms with Crippen LogP contribution in [-0.4, -0.2) is 93.2 Å². The van der Waals surface area contributed by atoms with Crippen LogP contribution in [0.15, 0.2) is 18.2 Å². The van der Waals surface area contributed by atoms with Gasteiger partial charge < -0.3 is 45.0 Å². The molecule has 1 aromatic carbocycles. The van der Waals surface area contributed by atoms with Crippen molar-refractivity contribution in [2.24, 2.45) is 34.8 Å². The summed E-state index contributed by atoms with van der Waals surface area (Å²) in [5.74, 6) is -2.31. The molecule has 324 valence electrons. The molecule has 0 saturated carbocycles. The van der Waals surface area contributed by atoms with Gasteiger partial charge in [-0.3, -0.25) is 19.2 Å². The number of benzene rings is 1. The Morgan fingerprint density at radius 2 is 1.47 bits per heavy atom. The van der Waals surface area contributed by atoms with Gasteiger partial charge in [0.15, 0.2) is 11.5 Å². The first-order valence-corrected chi connectivity index (χ1v) is 19.2. The minimum atomic E-state index is -1.08. The van der Waals surface area contributed by atoms with Gasteiger partial charge in [0.25, 0.3) is 10.2 Å². The lowest BCUT2D eigenvalue weighted by Crippen LogP contribution is -2.50. The van der Waals surface area contributed by atoms with Crippen molar-refractivity contribution in [2.45, 2.75) is 105 Å². The molecule has 0 heterocycles. The van der Waals surface area contributed by atoms with Crippen LogP contribution in [0.2, 0.25) is 0 Å². The zero-order chi connectivity index (χ0) is 43.1. The van der Waals surface area contributed by atoms with E-state index in [2.05, 4.69) is 20.3 Å². The molecule has 0 radical (unpaired) electrons. The topological polar surface area (TPSA) is 260 Å². The highest BCUT2D eigenvalue weighted by Crippen LogP contribution is 2.33. The zero-order valence-electron chi connectivity index (χ0n) is 34.6. The zero-order valence-corrected chi connectivity index (χ0v) is 34.6. The van der Waals surface area contributed by atoms with Gasteiger partial charge in [0.2, 0.25) is 17.7 Å². The number of ether oxygens (including phenoxy) is 4. The van der Waals surface area contributed by atoms with Gasteiger partial charge in [0, 0.05) is 45.4 Å². The Morgan fingerprint density at radius 3 is 2.02 bits per heavy atom. The van der Waals surface area contributed by atoms with E-state index in [0.29, 0.717) is 37.6 Å². The van der Waals surface area contributed by atoms with E-state index in [1.54, 1.807) is 28.1 Å². The third kappa shape index (κ3) is 20.2. The van der Waals surface area contributed by atoms with Crippen molar-refractivity contribution in [3.63, 3.8) is 0 Å². The summed E-state index contributed by atoms with van der Waals surface area (Å²) in [5.41, 5.74) is 5.39. The number of nitrogens with one attached hydrogen (secondary N) is 2. The van der Waals surface area contributed by atoms with E-state index in [4.69, 9.17) is 24.7 Å². The molecule has 19 heteroatoms. The van der Waals surface area contributed by atoms with Crippen molar-refractivity contribution >= 4 is 23.7 Å². The van der Waals surface area contributed by atoms with E-state index in [0.717, 1.165) is 5.56 Å². The van der Waals surface area contributed by atoms with Crippen LogP contribution >= 0.6 is 0 Å². The minimum Gasteiger partial charge on any atom is -0.493 e. The lowest BCUT2D eigenvalue weighted by Gasteiger charge is -2.35. The number of amides is 3. The Kier molecular flexibility index (Phi) is 22.9. The molecule has 3 amide bonds. The van der Waals surface area contributed by atoms with Gasteiger partial charge in [-0.15, -0.1) is 20.2 Å². The summed E-state index contributed by atoms with van der Waals surface area (Å²) in [7, 11) is 3.16. The fourth-order valence-corrected chi connectivity index (χ4v) is 5.86. The molecule has 19 nitrogen and oxygen atoms in total. The monoisotopic (exact) mass is 813 g/mol. The molecule has 0 fully saturated rings. The molecule has 4 N–H and O–H groups in total. The van der Waals surface area contributed by atoms with Gasteiger partial charge in [-0.1, -0.05) is 33.8 Å². The molecular formula is C38H63N5O14. The summed E-state index contributed by atoms with van der Waals surface area (Å²) >= 11 is 0. The number of nitrogens with zero attached hydrogens (tertiary/aromatic N) is 2. The Labute approximate surface area is 334 Å². The SMILES string of the molecule is COCCCOc1cc(CC(CC(NC(=O)CCCO[N+](=O)[O-])C(CC(C(=O)NCC(C)(C)C(N)=O)C(C)C)OC(=O)CCCO[N+](=O)[O-])C(C)C)ccc1OC. The highest BCUT2D eigenvalue weighted by atomic mass is 17.0. The molecule has 0 aliphatic rings. The highest BCUT2D eigenvalue weighted by molar-refractivity contribution is 5.83. The normalized spacial score (nSPS) is 13.5. The maximum absolute atomic E-state index is 13.7. The van der Waals surface area contributed by atoms with Gasteiger partial charge in [-0.25, -0.2) is 0 Å². The fourth-order valence-electron chi connectivity index (χ4n) is 5.86. The molecule has 4 unspecified atom stereocenters. The Balaban J connectivity index is 3.62. The molecule has 57 heavy (non-hydrogen) atoms. The number of carbonyl (C=O) groups excluding carboxylic acids is 4. The maximum atomic E-state index is 13.7. The maximum Gasteiger partial charge on any atom is 0.306 e. The molecule has 1 aromatic rings. The Bertz CT molecular complexity index is 1440. The van der Waals surface area contributed by atoms with Crippen LogP contribution in [-0.2, 0) is 44.7 Å². The first-order chi connectivity index (χ1) is 26.8. The first kappa shape index (κ1) is 50.1. The van der Waals surface area contributed by atoms with Crippen LogP contribution in [0.5, 0.6) is 11.5 Å². The fraction of sp³-hybridized carbons (Fsp3) is 0.737. The van der Waals surface area contributed by atoms with E-state index in [-0.39, 0.29) is 76.0 Å². The Morgan fingerprint density at radius 1 is 0.842 bits per heavy atom. The molecule has 4 atom stereocenters. The first-order valence-electron chi connectivity index (χ1n) is 19.2. The standard InChI is InChI=1S/C38H63N5O14/c1-25(2)28(20-27-14-15-31(53-8)33(21-27)54-17-11-16-52-7)22-30(41-34(44)12-9-18-55-42(48)49)32(57-35(45)13-10-19-56-43(50)51)23-29(26(3)4)36(46)40-24-38(5,6)37(39)47/h14-15,21,25-26,28-30,32H,9-13,16-20,22-24H2,1-8H3,(H2,39,47)(H,40,46)(H,41,44). The second-order valence-electron chi connectivity index (χ2n) is 15.2. The number of rotatable bonds is 31. The van der Waals surface area contributed by atoms with Crippen molar-refractivity contribution in [1.29, 1.82) is 0 Å². The third-order valence-electron chi connectivity index (χ3n) is 9.52. The van der Waals surface area contributed by atoms with Gasteiger partial charge in [0.1, 0.15) is 6.10 Å². The van der Waals surface area contributed by atoms with Crippen molar-refractivity contribution in [3.8, 4) is 11.5 Å². The van der Waals surface area contributed by atoms with Gasteiger partial charge in [-0.05, 0) is 81.4 Å². The molecule has 0 saturated heterocycles. The lowest BCUT2D eigenvalue weighted by atomic mass is 9.80. The van der Waals surface area contributed by atoms with Crippen LogP contribution in [0.3, 0.4) is 0 Å². The van der Waals surface area contributed by atoms with Crippen LogP contribution in [0.4, 0.5) is 0 Å². The number of primary amides is 1. The second kappa shape index (κ2) is 26.1. The number of hydrogen-bond acceptors (Lipinski definition) is 14. The van der Waals surface area contributed by atoms with E-state index < -0.39 is 57.3 Å². The number of esters is 1. The summed E-state index contributed by atoms with van der Waals surface area (Å²) in [6, 6.07) is 4.75. The van der Waals surface area contributed by atoms with Crippen LogP contribution < -0.4 is 25.8 Å². The second-order valence-corrected chi connectivity index (χ2v) is 15.2. The molecule has 0 aliphatic carbocycles. The van der Waals surface area contributed by atoms with Crippen molar-refractivity contribution in [2.75, 3.05) is 47.2 Å². The molecule has 0 bridgehead atoms. The molecular weight excluding hydrogens is 750 g/mol. The largest absolute Gasteiger partial charge is 0.493 e. The summed E-state index contributed by atoms with van der Waals surface area (Å²) in [6.07, 6.45) is -0.0679. The average Bonchev–Trinajstić information content (AvgIpc) is 3.13. The highest BCUT2D eigenvalue weighted by Gasteiger charge is 2.36. The summed E-state index contributed by atoms with van der Waals surface area (Å²) in [4.78, 5) is 82.5. The van der Waals surface area contributed by atoms with E-state index in [1.165, 1.54) is 0 Å². The van der Waals surface area contributed by atoms with Crippen molar-refractivity contribution in [1.82, 2.24) is 10.6 Å². The quantitative estimate of drug-likeness (QED) is 0.0415. The van der Waals surface area contributed by atoms with Crippen LogP contribution in [0.1, 0.15) is 92.1 Å². The third-order valence-corrected chi connectivity index (χ3v) is 9.52. The predicted octanol–water partition coefficient (Wildman–Crippen LogP) is 3.98. The van der Waals surface area contributed by atoms with Gasteiger partial charge in [-0.2, -0.15) is 0 Å². The van der Waals surface area contributed by atoms with Crippen LogP contribution in [0, 0.1) is 49.3 Å².